The third-order valence-corrected chi connectivity index (χ3v) is 6.32. The Bertz CT molecular complexity index is 1160. The summed E-state index contributed by atoms with van der Waals surface area (Å²) in [7, 11) is 0. The molecule has 5 nitrogen and oxygen atoms in total. The molecular weight excluding hydrogens is 474 g/mol. The van der Waals surface area contributed by atoms with Crippen LogP contribution in [0, 0.1) is 25.5 Å². The van der Waals surface area contributed by atoms with E-state index in [4.69, 9.17) is 4.74 Å². The maximum atomic E-state index is 13.8. The van der Waals surface area contributed by atoms with E-state index in [1.807, 2.05) is 44.2 Å². The van der Waals surface area contributed by atoms with Gasteiger partial charge in [0.15, 0.2) is 6.10 Å². The topological polar surface area (TPSA) is 70.6 Å². The van der Waals surface area contributed by atoms with Crippen molar-refractivity contribution in [2.45, 2.75) is 65.3 Å². The Labute approximate surface area is 217 Å². The maximum absolute atomic E-state index is 13.8. The van der Waals surface area contributed by atoms with Gasteiger partial charge in [-0.05, 0) is 73.6 Å². The average Bonchev–Trinajstić information content (AvgIpc) is 2.85. The Morgan fingerprint density at radius 3 is 2.22 bits per heavy atom. The number of carbonyl (C=O) groups is 1. The Balaban J connectivity index is 1.70. The Morgan fingerprint density at radius 1 is 0.946 bits per heavy atom. The number of aryl methyl sites for hydroxylation is 3. The summed E-state index contributed by atoms with van der Waals surface area (Å²) in [5.74, 6) is -1.23. The van der Waals surface area contributed by atoms with Crippen molar-refractivity contribution in [1.29, 1.82) is 0 Å². The number of aliphatic hydroxyl groups is 1. The number of rotatable bonds is 12. The van der Waals surface area contributed by atoms with Crippen LogP contribution in [-0.2, 0) is 24.2 Å². The number of amides is 1. The zero-order chi connectivity index (χ0) is 26.9. The lowest BCUT2D eigenvalue weighted by molar-refractivity contribution is -0.128. The highest BCUT2D eigenvalue weighted by Crippen LogP contribution is 2.23. The van der Waals surface area contributed by atoms with Crippen molar-refractivity contribution in [3.63, 3.8) is 0 Å². The predicted molar refractivity (Wildman–Crippen MR) is 142 cm³/mol. The summed E-state index contributed by atoms with van der Waals surface area (Å²) < 4.78 is 33.6. The molecule has 0 aliphatic carbocycles. The Morgan fingerprint density at radius 2 is 1.57 bits per heavy atom. The molecule has 1 amide bonds. The van der Waals surface area contributed by atoms with Crippen molar-refractivity contribution in [3.05, 3.63) is 100 Å². The van der Waals surface area contributed by atoms with Crippen LogP contribution >= 0.6 is 0 Å². The predicted octanol–water partition coefficient (Wildman–Crippen LogP) is 4.79. The molecule has 3 aromatic carbocycles. The van der Waals surface area contributed by atoms with Crippen LogP contribution < -0.4 is 15.4 Å². The van der Waals surface area contributed by atoms with Gasteiger partial charge in [-0.1, -0.05) is 49.4 Å². The minimum atomic E-state index is -1.02. The highest BCUT2D eigenvalue weighted by atomic mass is 19.1. The van der Waals surface area contributed by atoms with Gasteiger partial charge >= 0.3 is 0 Å². The molecule has 0 aliphatic heterocycles. The Kier molecular flexibility index (Phi) is 10.2. The van der Waals surface area contributed by atoms with Crippen LogP contribution in [0.1, 0.15) is 41.7 Å². The second-order valence-electron chi connectivity index (χ2n) is 9.45. The molecule has 3 aromatic rings. The molecule has 3 N–H and O–H groups in total. The first-order valence-electron chi connectivity index (χ1n) is 12.6. The number of benzene rings is 3. The number of carbonyl (C=O) groups excluding carboxylic acids is 1. The van der Waals surface area contributed by atoms with Gasteiger partial charge in [-0.15, -0.1) is 0 Å². The van der Waals surface area contributed by atoms with Crippen LogP contribution in [0.15, 0.2) is 60.7 Å². The molecule has 0 heterocycles. The monoisotopic (exact) mass is 510 g/mol. The van der Waals surface area contributed by atoms with Gasteiger partial charge < -0.3 is 20.5 Å². The van der Waals surface area contributed by atoms with Crippen molar-refractivity contribution >= 4 is 5.91 Å². The first kappa shape index (κ1) is 28.3. The first-order chi connectivity index (χ1) is 17.7. The zero-order valence-corrected chi connectivity index (χ0v) is 21.9. The highest BCUT2D eigenvalue weighted by Gasteiger charge is 2.26. The largest absolute Gasteiger partial charge is 0.480 e. The van der Waals surface area contributed by atoms with Crippen molar-refractivity contribution in [2.24, 2.45) is 0 Å². The summed E-state index contributed by atoms with van der Waals surface area (Å²) in [5, 5.41) is 17.0. The van der Waals surface area contributed by atoms with Crippen LogP contribution in [0.4, 0.5) is 8.78 Å². The molecule has 0 saturated heterocycles. The van der Waals surface area contributed by atoms with Crippen LogP contribution in [-0.4, -0.2) is 35.8 Å². The van der Waals surface area contributed by atoms with Crippen LogP contribution in [0.3, 0.4) is 0 Å². The molecule has 1 unspecified atom stereocenters. The van der Waals surface area contributed by atoms with Crippen LogP contribution in [0.25, 0.3) is 0 Å². The number of ether oxygens (including phenoxy) is 1. The minimum absolute atomic E-state index is 0.0463. The molecule has 0 spiro atoms. The van der Waals surface area contributed by atoms with Crippen molar-refractivity contribution in [3.8, 4) is 5.75 Å². The normalized spacial score (nSPS) is 13.6. The van der Waals surface area contributed by atoms with Crippen molar-refractivity contribution < 1.29 is 23.4 Å². The van der Waals surface area contributed by atoms with Gasteiger partial charge in [-0.25, -0.2) is 8.78 Å². The third kappa shape index (κ3) is 8.37. The number of halogens is 2. The highest BCUT2D eigenvalue weighted by molar-refractivity contribution is 5.81. The molecule has 3 atom stereocenters. The van der Waals surface area contributed by atoms with Gasteiger partial charge in [0.25, 0.3) is 5.91 Å². The lowest BCUT2D eigenvalue weighted by Crippen LogP contribution is -2.51. The number of hydrogen-bond donors (Lipinski definition) is 3. The van der Waals surface area contributed by atoms with Gasteiger partial charge in [-0.2, -0.15) is 0 Å². The molecule has 37 heavy (non-hydrogen) atoms. The van der Waals surface area contributed by atoms with Crippen molar-refractivity contribution in [2.75, 3.05) is 6.54 Å². The van der Waals surface area contributed by atoms with E-state index in [0.29, 0.717) is 17.9 Å². The number of para-hydroxylation sites is 1. The summed E-state index contributed by atoms with van der Waals surface area (Å²) in [5.41, 5.74) is 4.44. The van der Waals surface area contributed by atoms with E-state index < -0.39 is 35.8 Å². The Hall–Kier alpha value is -3.29. The number of hydrogen-bond acceptors (Lipinski definition) is 4. The SMILES string of the molecule is CCc1cccc(CNC[C@H](O)[C@@H](Cc2cc(F)cc(F)c2)NC(=O)C(C)Oc2c(C)cccc2C)c1. The van der Waals surface area contributed by atoms with E-state index in [0.717, 1.165) is 29.2 Å². The number of nitrogens with one attached hydrogen (secondary N) is 2. The average molecular weight is 511 g/mol. The molecule has 7 heteroatoms. The lowest BCUT2D eigenvalue weighted by Gasteiger charge is -2.27. The van der Waals surface area contributed by atoms with Gasteiger partial charge in [0, 0.05) is 19.2 Å². The zero-order valence-electron chi connectivity index (χ0n) is 21.9. The fourth-order valence-corrected chi connectivity index (χ4v) is 4.25. The van der Waals surface area contributed by atoms with E-state index in [2.05, 4.69) is 29.7 Å². The van der Waals surface area contributed by atoms with Crippen LogP contribution in [0.5, 0.6) is 5.75 Å². The van der Waals surface area contributed by atoms with E-state index in [-0.39, 0.29) is 13.0 Å². The molecule has 198 valence electrons. The molecule has 0 saturated carbocycles. The first-order valence-corrected chi connectivity index (χ1v) is 12.6. The van der Waals surface area contributed by atoms with E-state index >= 15 is 0 Å². The summed E-state index contributed by atoms with van der Waals surface area (Å²) in [6, 6.07) is 16.3. The molecule has 0 radical (unpaired) electrons. The van der Waals surface area contributed by atoms with E-state index in [9.17, 15) is 18.7 Å². The van der Waals surface area contributed by atoms with Gasteiger partial charge in [0.1, 0.15) is 17.4 Å². The molecule has 0 aromatic heterocycles. The van der Waals surface area contributed by atoms with E-state index in [1.54, 1.807) is 6.92 Å². The van der Waals surface area contributed by atoms with Gasteiger partial charge in [0.2, 0.25) is 0 Å². The van der Waals surface area contributed by atoms with Crippen LogP contribution in [0.2, 0.25) is 0 Å². The third-order valence-electron chi connectivity index (χ3n) is 6.32. The van der Waals surface area contributed by atoms with E-state index in [1.165, 1.54) is 17.7 Å². The van der Waals surface area contributed by atoms with Gasteiger partial charge in [0.05, 0.1) is 12.1 Å². The van der Waals surface area contributed by atoms with Crippen molar-refractivity contribution in [1.82, 2.24) is 10.6 Å². The quantitative estimate of drug-likeness (QED) is 0.328. The summed E-state index contributed by atoms with van der Waals surface area (Å²) >= 11 is 0. The fourth-order valence-electron chi connectivity index (χ4n) is 4.25. The minimum Gasteiger partial charge on any atom is -0.480 e. The molecule has 0 bridgehead atoms. The summed E-state index contributed by atoms with van der Waals surface area (Å²) in [6.45, 7) is 8.23. The summed E-state index contributed by atoms with van der Waals surface area (Å²) in [6.07, 6.45) is -0.887. The standard InChI is InChI=1S/C30H36F2N2O3/c1-5-22-10-7-11-23(12-22)17-33-18-28(35)27(15-24-13-25(31)16-26(32)14-24)34-30(36)21(4)37-29-19(2)8-6-9-20(29)3/h6-14,16,21,27-28,33,35H,5,15,17-18H2,1-4H3,(H,34,36)/t21?,27-,28+/m1/s1. The second-order valence-corrected chi connectivity index (χ2v) is 9.45. The molecule has 3 rings (SSSR count). The maximum Gasteiger partial charge on any atom is 0.261 e. The van der Waals surface area contributed by atoms with Gasteiger partial charge in [-0.3, -0.25) is 4.79 Å². The molecule has 0 fully saturated rings. The smallest absolute Gasteiger partial charge is 0.261 e. The lowest BCUT2D eigenvalue weighted by atomic mass is 10.00. The molecule has 0 aliphatic rings. The fraction of sp³-hybridized carbons (Fsp3) is 0.367. The molecular formula is C30H36F2N2O3. The summed E-state index contributed by atoms with van der Waals surface area (Å²) in [4.78, 5) is 13.1. The number of aliphatic hydroxyl groups excluding tert-OH is 1. The second kappa shape index (κ2) is 13.3.